The zero-order chi connectivity index (χ0) is 14.0. The molecule has 0 saturated carbocycles. The molecule has 3 nitrogen and oxygen atoms in total. The van der Waals surface area contributed by atoms with Gasteiger partial charge in [-0.05, 0) is 35.3 Å². The van der Waals surface area contributed by atoms with Crippen molar-refractivity contribution >= 4 is 33.1 Å². The predicted molar refractivity (Wildman–Crippen MR) is 85.4 cm³/mol. The minimum Gasteiger partial charge on any atom is -0.393 e. The standard InChI is InChI=1S/C14H16BrN3S/c1-9-13(15)10(2)18(17-9)8-12(14(16)19)11-6-4-3-5-7-11/h3-7,12H,8H2,1-2H3,(H2,16,19). The van der Waals surface area contributed by atoms with E-state index in [4.69, 9.17) is 18.0 Å². The Labute approximate surface area is 126 Å². The van der Waals surface area contributed by atoms with Crippen LogP contribution >= 0.6 is 28.1 Å². The topological polar surface area (TPSA) is 43.8 Å². The highest BCUT2D eigenvalue weighted by molar-refractivity contribution is 9.10. The van der Waals surface area contributed by atoms with Crippen molar-refractivity contribution in [3.63, 3.8) is 0 Å². The Hall–Kier alpha value is -1.20. The van der Waals surface area contributed by atoms with Crippen LogP contribution in [0.3, 0.4) is 0 Å². The fourth-order valence-electron chi connectivity index (χ4n) is 2.07. The number of aryl methyl sites for hydroxylation is 1. The molecule has 5 heteroatoms. The van der Waals surface area contributed by atoms with Gasteiger partial charge in [0.1, 0.15) is 0 Å². The van der Waals surface area contributed by atoms with Gasteiger partial charge in [-0.1, -0.05) is 42.5 Å². The van der Waals surface area contributed by atoms with E-state index in [1.165, 1.54) is 0 Å². The summed E-state index contributed by atoms with van der Waals surface area (Å²) in [4.78, 5) is 0.495. The molecule has 0 aliphatic rings. The lowest BCUT2D eigenvalue weighted by Crippen LogP contribution is -2.24. The van der Waals surface area contributed by atoms with Crippen molar-refractivity contribution in [1.82, 2.24) is 9.78 Å². The third-order valence-electron chi connectivity index (χ3n) is 3.19. The van der Waals surface area contributed by atoms with Crippen molar-refractivity contribution in [2.24, 2.45) is 5.73 Å². The molecule has 1 aromatic carbocycles. The van der Waals surface area contributed by atoms with Gasteiger partial charge in [0.15, 0.2) is 0 Å². The molecule has 1 unspecified atom stereocenters. The molecule has 0 radical (unpaired) electrons. The van der Waals surface area contributed by atoms with Crippen LogP contribution in [0, 0.1) is 13.8 Å². The third-order valence-corrected chi connectivity index (χ3v) is 4.63. The van der Waals surface area contributed by atoms with E-state index < -0.39 is 0 Å². The molecule has 1 heterocycles. The molecule has 0 aliphatic heterocycles. The van der Waals surface area contributed by atoms with Crippen molar-refractivity contribution in [2.45, 2.75) is 26.3 Å². The van der Waals surface area contributed by atoms with Gasteiger partial charge in [-0.15, -0.1) is 0 Å². The lowest BCUT2D eigenvalue weighted by molar-refractivity contribution is 0.571. The van der Waals surface area contributed by atoms with E-state index in [9.17, 15) is 0 Å². The highest BCUT2D eigenvalue weighted by atomic mass is 79.9. The van der Waals surface area contributed by atoms with Crippen LogP contribution in [0.1, 0.15) is 22.9 Å². The first-order valence-electron chi connectivity index (χ1n) is 6.04. The Morgan fingerprint density at radius 3 is 2.47 bits per heavy atom. The van der Waals surface area contributed by atoms with Crippen LogP contribution in [0.5, 0.6) is 0 Å². The van der Waals surface area contributed by atoms with Crippen LogP contribution in [0.4, 0.5) is 0 Å². The molecule has 0 aliphatic carbocycles. The first kappa shape index (κ1) is 14.2. The average Bonchev–Trinajstić information content (AvgIpc) is 2.64. The van der Waals surface area contributed by atoms with Crippen LogP contribution in [0.2, 0.25) is 0 Å². The summed E-state index contributed by atoms with van der Waals surface area (Å²) < 4.78 is 3.00. The largest absolute Gasteiger partial charge is 0.393 e. The summed E-state index contributed by atoms with van der Waals surface area (Å²) in [7, 11) is 0. The third kappa shape index (κ3) is 3.04. The fourth-order valence-corrected chi connectivity index (χ4v) is 2.57. The highest BCUT2D eigenvalue weighted by Crippen LogP contribution is 2.24. The number of rotatable bonds is 4. The van der Waals surface area contributed by atoms with Crippen molar-refractivity contribution in [3.8, 4) is 0 Å². The van der Waals surface area contributed by atoms with Gasteiger partial charge < -0.3 is 5.73 Å². The van der Waals surface area contributed by atoms with Gasteiger partial charge in [0.2, 0.25) is 0 Å². The number of thiocarbonyl (C=S) groups is 1. The first-order chi connectivity index (χ1) is 9.00. The quantitative estimate of drug-likeness (QED) is 0.870. The summed E-state index contributed by atoms with van der Waals surface area (Å²) in [5.41, 5.74) is 9.09. The SMILES string of the molecule is Cc1nn(CC(C(N)=S)c2ccccc2)c(C)c1Br. The van der Waals surface area contributed by atoms with Crippen molar-refractivity contribution in [3.05, 3.63) is 51.8 Å². The Morgan fingerprint density at radius 2 is 2.00 bits per heavy atom. The molecule has 1 atom stereocenters. The maximum Gasteiger partial charge on any atom is 0.0822 e. The van der Waals surface area contributed by atoms with E-state index >= 15 is 0 Å². The molecule has 100 valence electrons. The Morgan fingerprint density at radius 1 is 1.37 bits per heavy atom. The van der Waals surface area contributed by atoms with E-state index in [2.05, 4.69) is 21.0 Å². The Balaban J connectivity index is 2.32. The van der Waals surface area contributed by atoms with Crippen molar-refractivity contribution < 1.29 is 0 Å². The van der Waals surface area contributed by atoms with E-state index in [0.717, 1.165) is 21.4 Å². The molecule has 19 heavy (non-hydrogen) atoms. The second-order valence-corrected chi connectivity index (χ2v) is 5.80. The van der Waals surface area contributed by atoms with Gasteiger partial charge in [-0.3, -0.25) is 4.68 Å². The van der Waals surface area contributed by atoms with E-state index in [0.29, 0.717) is 11.5 Å². The lowest BCUT2D eigenvalue weighted by atomic mass is 9.99. The van der Waals surface area contributed by atoms with Crippen molar-refractivity contribution in [2.75, 3.05) is 0 Å². The van der Waals surface area contributed by atoms with Gasteiger partial charge in [-0.2, -0.15) is 5.10 Å². The van der Waals surface area contributed by atoms with Gasteiger partial charge in [0, 0.05) is 5.69 Å². The summed E-state index contributed by atoms with van der Waals surface area (Å²) in [5, 5.41) is 4.51. The molecule has 2 N–H and O–H groups in total. The molecule has 0 spiro atoms. The Kier molecular flexibility index (Phi) is 4.37. The predicted octanol–water partition coefficient (Wildman–Crippen LogP) is 3.33. The number of aromatic nitrogens is 2. The van der Waals surface area contributed by atoms with Crippen LogP contribution in [-0.4, -0.2) is 14.8 Å². The first-order valence-corrected chi connectivity index (χ1v) is 7.24. The minimum atomic E-state index is 0.00102. The average molecular weight is 338 g/mol. The number of hydrogen-bond donors (Lipinski definition) is 1. The summed E-state index contributed by atoms with van der Waals surface area (Å²) in [5.74, 6) is 0.00102. The van der Waals surface area contributed by atoms with Crippen molar-refractivity contribution in [1.29, 1.82) is 0 Å². The lowest BCUT2D eigenvalue weighted by Gasteiger charge is -2.17. The van der Waals surface area contributed by atoms with E-state index in [-0.39, 0.29) is 5.92 Å². The van der Waals surface area contributed by atoms with Crippen LogP contribution in [-0.2, 0) is 6.54 Å². The molecule has 0 saturated heterocycles. The smallest absolute Gasteiger partial charge is 0.0822 e. The summed E-state index contributed by atoms with van der Waals surface area (Å²) in [6, 6.07) is 10.1. The molecule has 2 aromatic rings. The maximum absolute atomic E-state index is 5.89. The Bertz CT molecular complexity index is 592. The monoisotopic (exact) mass is 337 g/mol. The molecule has 0 bridgehead atoms. The molecule has 0 fully saturated rings. The van der Waals surface area contributed by atoms with Gasteiger partial charge in [0.25, 0.3) is 0 Å². The number of hydrogen-bond acceptors (Lipinski definition) is 2. The van der Waals surface area contributed by atoms with Crippen LogP contribution < -0.4 is 5.73 Å². The summed E-state index contributed by atoms with van der Waals surface area (Å²) in [6.45, 7) is 4.68. The van der Waals surface area contributed by atoms with Gasteiger partial charge in [0.05, 0.1) is 27.6 Å². The van der Waals surface area contributed by atoms with Crippen LogP contribution in [0.25, 0.3) is 0 Å². The second kappa shape index (κ2) is 5.84. The van der Waals surface area contributed by atoms with E-state index in [1.54, 1.807) is 0 Å². The molecule has 1 aromatic heterocycles. The molecular weight excluding hydrogens is 322 g/mol. The van der Waals surface area contributed by atoms with E-state index in [1.807, 2.05) is 48.9 Å². The molecular formula is C14H16BrN3S. The zero-order valence-corrected chi connectivity index (χ0v) is 13.3. The molecule has 2 rings (SSSR count). The maximum atomic E-state index is 5.89. The number of nitrogens with two attached hydrogens (primary N) is 1. The number of nitrogens with zero attached hydrogens (tertiary/aromatic N) is 2. The number of benzene rings is 1. The highest BCUT2D eigenvalue weighted by Gasteiger charge is 2.18. The summed E-state index contributed by atoms with van der Waals surface area (Å²) in [6.07, 6.45) is 0. The van der Waals surface area contributed by atoms with Crippen LogP contribution in [0.15, 0.2) is 34.8 Å². The minimum absolute atomic E-state index is 0.00102. The second-order valence-electron chi connectivity index (χ2n) is 4.53. The van der Waals surface area contributed by atoms with Gasteiger partial charge in [-0.25, -0.2) is 0 Å². The molecule has 0 amide bonds. The normalized spacial score (nSPS) is 12.4. The summed E-state index contributed by atoms with van der Waals surface area (Å²) >= 11 is 8.74. The zero-order valence-electron chi connectivity index (χ0n) is 10.9. The fraction of sp³-hybridized carbons (Fsp3) is 0.286. The van der Waals surface area contributed by atoms with Gasteiger partial charge >= 0.3 is 0 Å². The number of halogens is 1.